The van der Waals surface area contributed by atoms with Gasteiger partial charge in [-0.1, -0.05) is 37.8 Å². The summed E-state index contributed by atoms with van der Waals surface area (Å²) in [6.07, 6.45) is 9.71. The molecule has 1 aliphatic carbocycles. The molecule has 0 radical (unpaired) electrons. The van der Waals surface area contributed by atoms with Gasteiger partial charge in [0.25, 0.3) is 5.91 Å². The molecule has 0 spiro atoms. The van der Waals surface area contributed by atoms with E-state index < -0.39 is 0 Å². The molecule has 4 heteroatoms. The van der Waals surface area contributed by atoms with E-state index in [0.29, 0.717) is 18.2 Å². The van der Waals surface area contributed by atoms with Crippen LogP contribution in [0.2, 0.25) is 0 Å². The lowest BCUT2D eigenvalue weighted by molar-refractivity contribution is 0.0844. The van der Waals surface area contributed by atoms with Gasteiger partial charge in [0.15, 0.2) is 0 Å². The van der Waals surface area contributed by atoms with Gasteiger partial charge in [0.2, 0.25) is 0 Å². The van der Waals surface area contributed by atoms with Crippen molar-refractivity contribution in [2.45, 2.75) is 83.4 Å². The van der Waals surface area contributed by atoms with Crippen molar-refractivity contribution in [1.82, 2.24) is 10.2 Å². The molecule has 1 amide bonds. The Balaban J connectivity index is 1.38. The zero-order valence-corrected chi connectivity index (χ0v) is 18.5. The van der Waals surface area contributed by atoms with Crippen LogP contribution in [0.1, 0.15) is 75.6 Å². The van der Waals surface area contributed by atoms with Gasteiger partial charge in [-0.15, -0.1) is 0 Å². The fourth-order valence-corrected chi connectivity index (χ4v) is 4.83. The molecule has 30 heavy (non-hydrogen) atoms. The first-order chi connectivity index (χ1) is 14.6. The Morgan fingerprint density at radius 1 is 0.933 bits per heavy atom. The number of piperidine rings is 1. The van der Waals surface area contributed by atoms with Crippen molar-refractivity contribution in [1.29, 1.82) is 0 Å². The molecule has 2 aromatic carbocycles. The second-order valence-electron chi connectivity index (χ2n) is 9.33. The molecule has 1 heterocycles. The minimum Gasteiger partial charge on any atom is -0.490 e. The molecule has 0 unspecified atom stereocenters. The molecular formula is C26H36N2O2. The molecule has 1 saturated heterocycles. The van der Waals surface area contributed by atoms with Crippen molar-refractivity contribution >= 4 is 16.7 Å². The van der Waals surface area contributed by atoms with Crippen molar-refractivity contribution in [3.63, 3.8) is 0 Å². The Morgan fingerprint density at radius 3 is 2.30 bits per heavy atom. The van der Waals surface area contributed by atoms with E-state index in [1.165, 1.54) is 25.7 Å². The van der Waals surface area contributed by atoms with Crippen LogP contribution in [0.25, 0.3) is 10.8 Å². The van der Waals surface area contributed by atoms with Gasteiger partial charge >= 0.3 is 0 Å². The van der Waals surface area contributed by atoms with Crippen LogP contribution in [0.3, 0.4) is 0 Å². The lowest BCUT2D eigenvalue weighted by atomic mass is 10.0. The van der Waals surface area contributed by atoms with E-state index in [4.69, 9.17) is 4.74 Å². The third-order valence-corrected chi connectivity index (χ3v) is 6.77. The molecule has 0 aromatic heterocycles. The maximum absolute atomic E-state index is 12.7. The number of nitrogens with one attached hydrogen (secondary N) is 1. The molecule has 2 fully saturated rings. The summed E-state index contributed by atoms with van der Waals surface area (Å²) < 4.78 is 6.28. The molecule has 1 N–H and O–H groups in total. The number of benzene rings is 2. The summed E-state index contributed by atoms with van der Waals surface area (Å²) in [7, 11) is 0. The predicted molar refractivity (Wildman–Crippen MR) is 123 cm³/mol. The van der Waals surface area contributed by atoms with Crippen LogP contribution in [0.15, 0.2) is 36.4 Å². The number of hydrogen-bond donors (Lipinski definition) is 1. The topological polar surface area (TPSA) is 41.6 Å². The average Bonchev–Trinajstić information content (AvgIpc) is 3.02. The molecule has 4 nitrogen and oxygen atoms in total. The summed E-state index contributed by atoms with van der Waals surface area (Å²) in [6, 6.07) is 13.2. The van der Waals surface area contributed by atoms with E-state index in [9.17, 15) is 4.79 Å². The molecule has 1 saturated carbocycles. The molecule has 2 aliphatic rings. The number of hydrogen-bond acceptors (Lipinski definition) is 3. The van der Waals surface area contributed by atoms with Gasteiger partial charge in [0.05, 0.1) is 0 Å². The Kier molecular flexibility index (Phi) is 6.93. The normalized spacial score (nSPS) is 19.7. The quantitative estimate of drug-likeness (QED) is 0.660. The van der Waals surface area contributed by atoms with Crippen LogP contribution in [-0.4, -0.2) is 42.1 Å². The average molecular weight is 409 g/mol. The van der Waals surface area contributed by atoms with Crippen molar-refractivity contribution in [3.8, 4) is 5.75 Å². The molecule has 4 rings (SSSR count). The van der Waals surface area contributed by atoms with Crippen molar-refractivity contribution in [3.05, 3.63) is 42.0 Å². The van der Waals surface area contributed by atoms with Crippen LogP contribution < -0.4 is 10.1 Å². The summed E-state index contributed by atoms with van der Waals surface area (Å²) in [5.41, 5.74) is 0.751. The number of nitrogens with zero attached hydrogens (tertiary/aromatic N) is 1. The maximum atomic E-state index is 12.7. The number of rotatable bonds is 5. The highest BCUT2D eigenvalue weighted by atomic mass is 16.5. The van der Waals surface area contributed by atoms with Crippen LogP contribution in [-0.2, 0) is 0 Å². The first-order valence-corrected chi connectivity index (χ1v) is 11.8. The zero-order valence-electron chi connectivity index (χ0n) is 18.5. The third-order valence-electron chi connectivity index (χ3n) is 6.77. The zero-order chi connectivity index (χ0) is 20.9. The maximum Gasteiger partial charge on any atom is 0.251 e. The number of fused-ring (bicyclic) bond motifs is 1. The van der Waals surface area contributed by atoms with Gasteiger partial charge in [0, 0.05) is 30.7 Å². The first kappa shape index (κ1) is 21.2. The van der Waals surface area contributed by atoms with Crippen molar-refractivity contribution in [2.75, 3.05) is 13.1 Å². The fourth-order valence-electron chi connectivity index (χ4n) is 4.83. The largest absolute Gasteiger partial charge is 0.490 e. The number of amides is 1. The van der Waals surface area contributed by atoms with Crippen molar-refractivity contribution < 1.29 is 9.53 Å². The second-order valence-corrected chi connectivity index (χ2v) is 9.33. The Labute approximate surface area is 181 Å². The third kappa shape index (κ3) is 5.34. The molecule has 1 aliphatic heterocycles. The minimum atomic E-state index is 0.0565. The second kappa shape index (κ2) is 9.82. The van der Waals surface area contributed by atoms with E-state index in [2.05, 4.69) is 36.2 Å². The van der Waals surface area contributed by atoms with Gasteiger partial charge in [0.1, 0.15) is 11.9 Å². The Morgan fingerprint density at radius 2 is 1.60 bits per heavy atom. The first-order valence-electron chi connectivity index (χ1n) is 11.8. The highest BCUT2D eigenvalue weighted by molar-refractivity contribution is 5.98. The predicted octanol–water partition coefficient (Wildman–Crippen LogP) is 5.54. The van der Waals surface area contributed by atoms with E-state index in [-0.39, 0.29) is 5.91 Å². The number of carbonyl (C=O) groups excluding carboxylic acids is 1. The van der Waals surface area contributed by atoms with E-state index in [1.54, 1.807) is 0 Å². The van der Waals surface area contributed by atoms with Gasteiger partial charge in [-0.2, -0.15) is 0 Å². The summed E-state index contributed by atoms with van der Waals surface area (Å²) >= 11 is 0. The van der Waals surface area contributed by atoms with Crippen LogP contribution in [0.4, 0.5) is 0 Å². The summed E-state index contributed by atoms with van der Waals surface area (Å²) in [5, 5.41) is 5.46. The number of ether oxygens (including phenoxy) is 1. The molecule has 162 valence electrons. The van der Waals surface area contributed by atoms with Crippen LogP contribution >= 0.6 is 0 Å². The van der Waals surface area contributed by atoms with Gasteiger partial charge in [-0.3, -0.25) is 4.79 Å². The van der Waals surface area contributed by atoms with Gasteiger partial charge < -0.3 is 15.0 Å². The number of likely N-dealkylation sites (tertiary alicyclic amines) is 1. The lowest BCUT2D eigenvalue weighted by Crippen LogP contribution is -2.41. The molecular weight excluding hydrogens is 372 g/mol. The summed E-state index contributed by atoms with van der Waals surface area (Å²) in [6.45, 7) is 6.73. The smallest absolute Gasteiger partial charge is 0.251 e. The van der Waals surface area contributed by atoms with Gasteiger partial charge in [-0.25, -0.2) is 0 Å². The van der Waals surface area contributed by atoms with E-state index >= 15 is 0 Å². The highest BCUT2D eigenvalue weighted by Gasteiger charge is 2.22. The van der Waals surface area contributed by atoms with Crippen LogP contribution in [0.5, 0.6) is 5.75 Å². The Hall–Kier alpha value is -2.07. The highest BCUT2D eigenvalue weighted by Crippen LogP contribution is 2.26. The molecule has 0 atom stereocenters. The standard InChI is InChI=1S/C26H36N2O2/c1-19(2)28-15-13-24(14-16-28)30-25-12-11-20-17-22(10-9-21(20)18-25)26(29)27-23-7-5-3-4-6-8-23/h9-12,17-19,23-24H,3-8,13-16H2,1-2H3,(H,27,29). The molecule has 0 bridgehead atoms. The van der Waals surface area contributed by atoms with Crippen molar-refractivity contribution in [2.24, 2.45) is 0 Å². The van der Waals surface area contributed by atoms with Gasteiger partial charge in [-0.05, 0) is 74.6 Å². The summed E-state index contributed by atoms with van der Waals surface area (Å²) in [4.78, 5) is 15.2. The number of carbonyl (C=O) groups is 1. The Bertz CT molecular complexity index is 847. The van der Waals surface area contributed by atoms with E-state index in [1.807, 2.05) is 24.3 Å². The SMILES string of the molecule is CC(C)N1CCC(Oc2ccc3cc(C(=O)NC4CCCCCC4)ccc3c2)CC1. The monoisotopic (exact) mass is 408 g/mol. The lowest BCUT2D eigenvalue weighted by Gasteiger charge is -2.34. The summed E-state index contributed by atoms with van der Waals surface area (Å²) in [5.74, 6) is 0.988. The minimum absolute atomic E-state index is 0.0565. The van der Waals surface area contributed by atoms with Crippen LogP contribution in [0, 0.1) is 0 Å². The fraction of sp³-hybridized carbons (Fsp3) is 0.577. The molecule has 2 aromatic rings. The van der Waals surface area contributed by atoms with E-state index in [0.717, 1.165) is 60.9 Å².